The predicted octanol–water partition coefficient (Wildman–Crippen LogP) is 3.97. The molecule has 1 saturated heterocycles. The molecular formula is C24H28N2O5S. The van der Waals surface area contributed by atoms with Crippen LogP contribution in [0.5, 0.6) is 0 Å². The first-order valence-electron chi connectivity index (χ1n) is 10.6. The van der Waals surface area contributed by atoms with E-state index in [4.69, 9.17) is 4.74 Å². The minimum absolute atomic E-state index is 0.0663. The van der Waals surface area contributed by atoms with E-state index in [1.807, 2.05) is 20.8 Å². The van der Waals surface area contributed by atoms with Gasteiger partial charge in [0.25, 0.3) is 0 Å². The first-order chi connectivity index (χ1) is 15.1. The van der Waals surface area contributed by atoms with Crippen LogP contribution in [0.1, 0.15) is 64.9 Å². The largest absolute Gasteiger partial charge is 0.454 e. The van der Waals surface area contributed by atoms with Crippen LogP contribution in [-0.2, 0) is 20.9 Å². The van der Waals surface area contributed by atoms with Crippen molar-refractivity contribution in [3.8, 4) is 0 Å². The number of nitrogens with one attached hydrogen (secondary N) is 1. The fraction of sp³-hybridized carbons (Fsp3) is 0.417. The van der Waals surface area contributed by atoms with Crippen molar-refractivity contribution in [2.24, 2.45) is 5.41 Å². The molecule has 0 saturated carbocycles. The lowest BCUT2D eigenvalue weighted by Crippen LogP contribution is -2.35. The Kier molecular flexibility index (Phi) is 7.45. The van der Waals surface area contributed by atoms with Gasteiger partial charge < -0.3 is 15.0 Å². The monoisotopic (exact) mass is 456 g/mol. The van der Waals surface area contributed by atoms with Gasteiger partial charge in [0.1, 0.15) is 0 Å². The van der Waals surface area contributed by atoms with Gasteiger partial charge in [-0.25, -0.2) is 4.79 Å². The van der Waals surface area contributed by atoms with Crippen LogP contribution in [0, 0.1) is 5.41 Å². The summed E-state index contributed by atoms with van der Waals surface area (Å²) in [6, 6.07) is 10.1. The molecule has 1 aliphatic heterocycles. The Hall–Kier alpha value is -3.00. The summed E-state index contributed by atoms with van der Waals surface area (Å²) in [7, 11) is 0. The Labute approximate surface area is 191 Å². The number of hydrogen-bond donors (Lipinski definition) is 1. The third-order valence-electron chi connectivity index (χ3n) is 5.11. The lowest BCUT2D eigenvalue weighted by atomic mass is 9.96. The molecule has 1 N–H and O–H groups in total. The molecule has 0 spiro atoms. The minimum atomic E-state index is -0.593. The molecule has 0 unspecified atom stereocenters. The van der Waals surface area contributed by atoms with Gasteiger partial charge in [0.05, 0.1) is 17.0 Å². The average molecular weight is 457 g/mol. The maximum absolute atomic E-state index is 12.4. The van der Waals surface area contributed by atoms with E-state index in [1.54, 1.807) is 41.3 Å². The smallest absolute Gasteiger partial charge is 0.338 e. The van der Waals surface area contributed by atoms with Gasteiger partial charge in [0.2, 0.25) is 17.6 Å². The van der Waals surface area contributed by atoms with Gasteiger partial charge >= 0.3 is 5.97 Å². The molecule has 7 nitrogen and oxygen atoms in total. The second kappa shape index (κ2) is 10.1. The lowest BCUT2D eigenvalue weighted by molar-refractivity contribution is -0.128. The van der Waals surface area contributed by atoms with Crippen LogP contribution in [0.4, 0.5) is 5.69 Å². The highest BCUT2D eigenvalue weighted by Crippen LogP contribution is 2.22. The van der Waals surface area contributed by atoms with Crippen LogP contribution in [0.2, 0.25) is 0 Å². The van der Waals surface area contributed by atoms with Crippen LogP contribution < -0.4 is 10.2 Å². The highest BCUT2D eigenvalue weighted by atomic mass is 32.1. The number of carbonyl (C=O) groups is 4. The Bertz CT molecular complexity index is 1000. The Balaban J connectivity index is 1.50. The number of anilines is 1. The summed E-state index contributed by atoms with van der Waals surface area (Å²) in [5.41, 5.74) is 0.598. The first-order valence-corrected chi connectivity index (χ1v) is 11.4. The Morgan fingerprint density at radius 2 is 1.78 bits per heavy atom. The number of Topliss-reactive ketones (excluding diaryl/α,β-unsaturated/α-hetero) is 1. The van der Waals surface area contributed by atoms with Crippen molar-refractivity contribution < 1.29 is 23.9 Å². The molecule has 0 radical (unpaired) electrons. The molecular weight excluding hydrogens is 428 g/mol. The summed E-state index contributed by atoms with van der Waals surface area (Å²) < 4.78 is 5.17. The zero-order chi connectivity index (χ0) is 23.3. The average Bonchev–Trinajstić information content (AvgIpc) is 3.24. The lowest BCUT2D eigenvalue weighted by Gasteiger charge is -2.26. The van der Waals surface area contributed by atoms with Gasteiger partial charge in [-0.2, -0.15) is 0 Å². The van der Waals surface area contributed by atoms with Crippen molar-refractivity contribution in [1.29, 1.82) is 0 Å². The summed E-state index contributed by atoms with van der Waals surface area (Å²) in [6.07, 6.45) is 2.41. The van der Waals surface area contributed by atoms with E-state index >= 15 is 0 Å². The molecule has 8 heteroatoms. The molecule has 0 bridgehead atoms. The van der Waals surface area contributed by atoms with Crippen molar-refractivity contribution >= 4 is 40.6 Å². The van der Waals surface area contributed by atoms with Crippen molar-refractivity contribution in [3.63, 3.8) is 0 Å². The summed E-state index contributed by atoms with van der Waals surface area (Å²) in [6.45, 7) is 6.17. The highest BCUT2D eigenvalue weighted by Gasteiger charge is 2.22. The van der Waals surface area contributed by atoms with Crippen LogP contribution >= 0.6 is 11.3 Å². The molecule has 1 aliphatic rings. The summed E-state index contributed by atoms with van der Waals surface area (Å²) >= 11 is 1.27. The number of piperidine rings is 1. The minimum Gasteiger partial charge on any atom is -0.454 e. The normalized spacial score (nSPS) is 14.2. The van der Waals surface area contributed by atoms with Gasteiger partial charge in [-0.05, 0) is 49.2 Å². The molecule has 1 fully saturated rings. The number of ketones is 1. The second-order valence-electron chi connectivity index (χ2n) is 8.75. The van der Waals surface area contributed by atoms with E-state index in [1.165, 1.54) is 11.3 Å². The quantitative estimate of drug-likeness (QED) is 0.503. The molecule has 2 aromatic rings. The van der Waals surface area contributed by atoms with Gasteiger partial charge in [0, 0.05) is 28.9 Å². The number of rotatable bonds is 7. The van der Waals surface area contributed by atoms with E-state index < -0.39 is 11.4 Å². The zero-order valence-electron chi connectivity index (χ0n) is 18.6. The summed E-state index contributed by atoms with van der Waals surface area (Å²) in [4.78, 5) is 51.7. The van der Waals surface area contributed by atoms with Crippen molar-refractivity contribution in [1.82, 2.24) is 5.32 Å². The number of thiophene rings is 1. The molecule has 170 valence electrons. The van der Waals surface area contributed by atoms with Crippen LogP contribution in [0.15, 0.2) is 36.4 Å². The molecule has 2 amide bonds. The van der Waals surface area contributed by atoms with Gasteiger partial charge in [-0.3, -0.25) is 14.4 Å². The number of amides is 2. The maximum Gasteiger partial charge on any atom is 0.338 e. The number of esters is 1. The molecule has 1 aromatic carbocycles. The number of hydrogen-bond acceptors (Lipinski definition) is 6. The van der Waals surface area contributed by atoms with E-state index in [-0.39, 0.29) is 24.2 Å². The number of benzene rings is 1. The fourth-order valence-electron chi connectivity index (χ4n) is 3.20. The third kappa shape index (κ3) is 6.03. The van der Waals surface area contributed by atoms with Gasteiger partial charge in [0.15, 0.2) is 6.61 Å². The first kappa shape index (κ1) is 23.7. The van der Waals surface area contributed by atoms with Crippen LogP contribution in [0.3, 0.4) is 0 Å². The standard InChI is InChI=1S/C24H28N2O5S/c1-24(2,3)23(30)25-14-18-11-12-20(32-18)19(27)15-31-22(29)16-7-9-17(10-8-16)26-13-5-4-6-21(26)28/h7-12H,4-6,13-15H2,1-3H3,(H,25,30). The van der Waals surface area contributed by atoms with Gasteiger partial charge in [-0.15, -0.1) is 11.3 Å². The molecule has 1 aromatic heterocycles. The highest BCUT2D eigenvalue weighted by molar-refractivity contribution is 7.14. The number of carbonyl (C=O) groups excluding carboxylic acids is 4. The van der Waals surface area contributed by atoms with Crippen molar-refractivity contribution in [2.75, 3.05) is 18.1 Å². The molecule has 0 aliphatic carbocycles. The van der Waals surface area contributed by atoms with Crippen LogP contribution in [0.25, 0.3) is 0 Å². The predicted molar refractivity (Wildman–Crippen MR) is 123 cm³/mol. The SMILES string of the molecule is CC(C)(C)C(=O)NCc1ccc(C(=O)COC(=O)c2ccc(N3CCCCC3=O)cc2)s1. The van der Waals surface area contributed by atoms with E-state index in [0.717, 1.165) is 23.4 Å². The zero-order valence-corrected chi connectivity index (χ0v) is 19.4. The molecule has 32 heavy (non-hydrogen) atoms. The molecule has 2 heterocycles. The number of nitrogens with zero attached hydrogens (tertiary/aromatic N) is 1. The van der Waals surface area contributed by atoms with E-state index in [9.17, 15) is 19.2 Å². The molecule has 0 atom stereocenters. The summed E-state index contributed by atoms with van der Waals surface area (Å²) in [5, 5.41) is 2.84. The fourth-order valence-corrected chi connectivity index (χ4v) is 4.07. The van der Waals surface area contributed by atoms with Crippen molar-refractivity contribution in [2.45, 2.75) is 46.6 Å². The van der Waals surface area contributed by atoms with Crippen LogP contribution in [-0.4, -0.2) is 36.7 Å². The second-order valence-corrected chi connectivity index (χ2v) is 9.92. The maximum atomic E-state index is 12.4. The summed E-state index contributed by atoms with van der Waals surface area (Å²) in [5.74, 6) is -0.870. The van der Waals surface area contributed by atoms with Crippen molar-refractivity contribution in [3.05, 3.63) is 51.7 Å². The van der Waals surface area contributed by atoms with E-state index in [2.05, 4.69) is 5.32 Å². The number of ether oxygens (including phenoxy) is 1. The Morgan fingerprint density at radius 1 is 1.06 bits per heavy atom. The molecule has 3 rings (SSSR count). The third-order valence-corrected chi connectivity index (χ3v) is 6.24. The van der Waals surface area contributed by atoms with E-state index in [0.29, 0.717) is 30.0 Å². The Morgan fingerprint density at radius 3 is 2.44 bits per heavy atom. The van der Waals surface area contributed by atoms with Gasteiger partial charge in [-0.1, -0.05) is 20.8 Å². The topological polar surface area (TPSA) is 92.8 Å².